The molecule has 0 amide bonds. The zero-order valence-corrected chi connectivity index (χ0v) is 20.8. The molecule has 0 unspecified atom stereocenters. The first-order valence-electron chi connectivity index (χ1n) is 11.9. The molecule has 178 valence electrons. The summed E-state index contributed by atoms with van der Waals surface area (Å²) < 4.78 is 8.00. The fourth-order valence-electron chi connectivity index (χ4n) is 4.52. The minimum Gasteiger partial charge on any atom is -0.376 e. The number of nitrogens with zero attached hydrogens (tertiary/aromatic N) is 4. The average Bonchev–Trinajstić information content (AvgIpc) is 3.52. The summed E-state index contributed by atoms with van der Waals surface area (Å²) >= 11 is 1.32. The monoisotopic (exact) mass is 484 g/mol. The summed E-state index contributed by atoms with van der Waals surface area (Å²) in [5, 5.41) is 9.35. The van der Waals surface area contributed by atoms with E-state index < -0.39 is 0 Å². The van der Waals surface area contributed by atoms with E-state index in [2.05, 4.69) is 14.8 Å². The number of thioether (sulfide) groups is 1. The molecule has 0 bridgehead atoms. The van der Waals surface area contributed by atoms with Gasteiger partial charge in [-0.25, -0.2) is 4.98 Å². The molecule has 0 radical (unpaired) electrons. The van der Waals surface area contributed by atoms with Gasteiger partial charge in [-0.3, -0.25) is 4.79 Å². The number of hydrogen-bond acceptors (Lipinski definition) is 6. The Morgan fingerprint density at radius 3 is 2.34 bits per heavy atom. The Kier molecular flexibility index (Phi) is 7.06. The van der Waals surface area contributed by atoms with Crippen LogP contribution in [0.25, 0.3) is 22.5 Å². The van der Waals surface area contributed by atoms with Crippen molar-refractivity contribution in [1.29, 1.82) is 0 Å². The molecule has 7 heteroatoms. The lowest BCUT2D eigenvalue weighted by atomic mass is 10.0. The first-order chi connectivity index (χ1) is 17.1. The van der Waals surface area contributed by atoms with E-state index in [1.165, 1.54) is 11.8 Å². The largest absolute Gasteiger partial charge is 0.376 e. The summed E-state index contributed by atoms with van der Waals surface area (Å²) in [4.78, 5) is 18.0. The molecule has 1 saturated heterocycles. The molecule has 0 spiro atoms. The molecule has 5 rings (SSSR count). The number of hydrogen-bond donors (Lipinski definition) is 0. The van der Waals surface area contributed by atoms with Gasteiger partial charge in [-0.2, -0.15) is 0 Å². The fourth-order valence-corrected chi connectivity index (χ4v) is 5.19. The van der Waals surface area contributed by atoms with E-state index >= 15 is 0 Å². The van der Waals surface area contributed by atoms with Crippen LogP contribution in [0.3, 0.4) is 0 Å². The zero-order chi connectivity index (χ0) is 24.2. The Morgan fingerprint density at radius 1 is 1.00 bits per heavy atom. The molecule has 0 saturated carbocycles. The third-order valence-corrected chi connectivity index (χ3v) is 7.22. The molecular formula is C28H28N4O2S. The summed E-state index contributed by atoms with van der Waals surface area (Å²) in [5.74, 6) is 0.323. The van der Waals surface area contributed by atoms with E-state index in [-0.39, 0.29) is 17.6 Å². The van der Waals surface area contributed by atoms with Gasteiger partial charge in [0.2, 0.25) is 5.16 Å². The minimum atomic E-state index is 0.0682. The van der Waals surface area contributed by atoms with Crippen molar-refractivity contribution in [2.24, 2.45) is 0 Å². The Labute approximate surface area is 209 Å². The molecule has 1 fully saturated rings. The second-order valence-electron chi connectivity index (χ2n) is 8.77. The van der Waals surface area contributed by atoms with E-state index in [1.807, 2.05) is 80.6 Å². The van der Waals surface area contributed by atoms with Crippen molar-refractivity contribution >= 4 is 17.5 Å². The molecule has 1 atom stereocenters. The molecular weight excluding hydrogens is 456 g/mol. The summed E-state index contributed by atoms with van der Waals surface area (Å²) in [7, 11) is 0. The van der Waals surface area contributed by atoms with Crippen molar-refractivity contribution in [2.45, 2.75) is 44.5 Å². The maximum atomic E-state index is 13.1. The van der Waals surface area contributed by atoms with Crippen LogP contribution in [0.1, 0.15) is 34.6 Å². The van der Waals surface area contributed by atoms with Gasteiger partial charge in [0.15, 0.2) is 5.78 Å². The van der Waals surface area contributed by atoms with Gasteiger partial charge in [-0.1, -0.05) is 72.4 Å². The van der Waals surface area contributed by atoms with Gasteiger partial charge in [-0.15, -0.1) is 10.2 Å². The quantitative estimate of drug-likeness (QED) is 0.233. The smallest absolute Gasteiger partial charge is 0.210 e. The van der Waals surface area contributed by atoms with Gasteiger partial charge < -0.3 is 9.30 Å². The molecule has 2 aromatic carbocycles. The first-order valence-corrected chi connectivity index (χ1v) is 12.9. The predicted octanol–water partition coefficient (Wildman–Crippen LogP) is 5.78. The van der Waals surface area contributed by atoms with Crippen LogP contribution < -0.4 is 0 Å². The molecule has 6 nitrogen and oxygen atoms in total. The Balaban J connectivity index is 1.36. The van der Waals surface area contributed by atoms with Gasteiger partial charge in [0.25, 0.3) is 0 Å². The van der Waals surface area contributed by atoms with Crippen LogP contribution in [-0.4, -0.2) is 44.0 Å². The highest BCUT2D eigenvalue weighted by molar-refractivity contribution is 7.99. The number of Topliss-reactive ketones (excluding diaryl/α,β-unsaturated/α-hetero) is 1. The van der Waals surface area contributed by atoms with Crippen LogP contribution in [0.5, 0.6) is 0 Å². The molecule has 0 N–H and O–H groups in total. The maximum Gasteiger partial charge on any atom is 0.210 e. The van der Waals surface area contributed by atoms with E-state index in [0.29, 0.717) is 5.16 Å². The van der Waals surface area contributed by atoms with Crippen LogP contribution >= 0.6 is 11.8 Å². The van der Waals surface area contributed by atoms with Crippen LogP contribution in [0, 0.1) is 13.8 Å². The number of rotatable bonds is 8. The number of aryl methyl sites for hydroxylation is 1. The Morgan fingerprint density at radius 2 is 1.69 bits per heavy atom. The summed E-state index contributed by atoms with van der Waals surface area (Å²) in [5.41, 5.74) is 6.24. The number of ether oxygens (including phenoxy) is 1. The molecule has 4 aromatic rings. The van der Waals surface area contributed by atoms with Gasteiger partial charge >= 0.3 is 0 Å². The highest BCUT2D eigenvalue weighted by Crippen LogP contribution is 2.30. The average molecular weight is 485 g/mol. The first kappa shape index (κ1) is 23.5. The second kappa shape index (κ2) is 10.5. The summed E-state index contributed by atoms with van der Waals surface area (Å²) in [6.07, 6.45) is 2.41. The van der Waals surface area contributed by atoms with Crippen molar-refractivity contribution in [3.8, 4) is 22.5 Å². The van der Waals surface area contributed by atoms with Crippen molar-refractivity contribution in [1.82, 2.24) is 19.7 Å². The lowest BCUT2D eigenvalue weighted by Crippen LogP contribution is -2.17. The normalized spacial score (nSPS) is 15.4. The molecule has 2 aromatic heterocycles. The summed E-state index contributed by atoms with van der Waals surface area (Å²) in [6, 6.07) is 21.9. The van der Waals surface area contributed by atoms with Crippen LogP contribution in [0.2, 0.25) is 0 Å². The maximum absolute atomic E-state index is 13.1. The lowest BCUT2D eigenvalue weighted by molar-refractivity contribution is 0.0957. The Bertz CT molecular complexity index is 1320. The number of benzene rings is 2. The van der Waals surface area contributed by atoms with Crippen molar-refractivity contribution in [3.05, 3.63) is 83.7 Å². The van der Waals surface area contributed by atoms with Crippen LogP contribution in [0.15, 0.2) is 71.9 Å². The number of carbonyl (C=O) groups is 1. The van der Waals surface area contributed by atoms with E-state index in [1.54, 1.807) is 0 Å². The zero-order valence-electron chi connectivity index (χ0n) is 20.0. The molecule has 0 aliphatic carbocycles. The van der Waals surface area contributed by atoms with Crippen molar-refractivity contribution in [3.63, 3.8) is 0 Å². The third kappa shape index (κ3) is 5.21. The van der Waals surface area contributed by atoms with Crippen molar-refractivity contribution < 1.29 is 9.53 Å². The topological polar surface area (TPSA) is 69.9 Å². The molecule has 3 heterocycles. The predicted molar refractivity (Wildman–Crippen MR) is 139 cm³/mol. The highest BCUT2D eigenvalue weighted by atomic mass is 32.2. The van der Waals surface area contributed by atoms with Gasteiger partial charge in [0, 0.05) is 41.2 Å². The third-order valence-electron chi connectivity index (χ3n) is 6.38. The molecule has 1 aliphatic heterocycles. The number of ketones is 1. The van der Waals surface area contributed by atoms with Crippen LogP contribution in [-0.2, 0) is 11.3 Å². The molecule has 1 aliphatic rings. The lowest BCUT2D eigenvalue weighted by Gasteiger charge is -2.14. The van der Waals surface area contributed by atoms with Crippen LogP contribution in [0.4, 0.5) is 0 Å². The van der Waals surface area contributed by atoms with E-state index in [9.17, 15) is 4.79 Å². The standard InChI is InChI=1S/C28H28N4O2S/c1-19-16-24(20(2)32(19)17-23-14-9-15-34-23)25(33)18-35-28-29-26(21-10-5-3-6-11-21)27(30-31-28)22-12-7-4-8-13-22/h3-8,10-13,16,23H,9,14-15,17-18H2,1-2H3/t23-/m1/s1. The fraction of sp³-hybridized carbons (Fsp3) is 0.286. The van der Waals surface area contributed by atoms with Gasteiger partial charge in [0.05, 0.1) is 11.9 Å². The second-order valence-corrected chi connectivity index (χ2v) is 9.71. The highest BCUT2D eigenvalue weighted by Gasteiger charge is 2.22. The van der Waals surface area contributed by atoms with Crippen molar-refractivity contribution in [2.75, 3.05) is 12.4 Å². The van der Waals surface area contributed by atoms with Gasteiger partial charge in [0.1, 0.15) is 11.4 Å². The Hall–Kier alpha value is -3.29. The summed E-state index contributed by atoms with van der Waals surface area (Å²) in [6.45, 7) is 5.69. The number of aromatic nitrogens is 4. The van der Waals surface area contributed by atoms with E-state index in [0.717, 1.165) is 65.5 Å². The molecule has 35 heavy (non-hydrogen) atoms. The SMILES string of the molecule is Cc1cc(C(=O)CSc2nnc(-c3ccccc3)c(-c3ccccc3)n2)c(C)n1C[C@H]1CCCO1. The van der Waals surface area contributed by atoms with Gasteiger partial charge in [-0.05, 0) is 32.8 Å². The minimum absolute atomic E-state index is 0.0682. The van der Waals surface area contributed by atoms with E-state index in [4.69, 9.17) is 9.72 Å². The number of carbonyl (C=O) groups excluding carboxylic acids is 1.